The molecule has 0 radical (unpaired) electrons. The second kappa shape index (κ2) is 7.43. The lowest BCUT2D eigenvalue weighted by Gasteiger charge is -2.14. The maximum absolute atomic E-state index is 11.7. The quantitative estimate of drug-likeness (QED) is 0.556. The molecular formula is C11H18N4O2. The van der Waals surface area contributed by atoms with Crippen molar-refractivity contribution in [1.29, 1.82) is 0 Å². The zero-order valence-electron chi connectivity index (χ0n) is 9.90. The van der Waals surface area contributed by atoms with Gasteiger partial charge in [0.15, 0.2) is 0 Å². The largest absolute Gasteiger partial charge is 0.354 e. The highest BCUT2D eigenvalue weighted by atomic mass is 16.2. The number of rotatable bonds is 8. The highest BCUT2D eigenvalue weighted by Crippen LogP contribution is 1.96. The SMILES string of the molecule is CCCC(NC=O)C(=O)NCCc1ncc[nH]1. The van der Waals surface area contributed by atoms with Crippen molar-refractivity contribution >= 4 is 12.3 Å². The summed E-state index contributed by atoms with van der Waals surface area (Å²) >= 11 is 0. The van der Waals surface area contributed by atoms with E-state index in [-0.39, 0.29) is 5.91 Å². The first-order valence-corrected chi connectivity index (χ1v) is 5.73. The van der Waals surface area contributed by atoms with E-state index in [9.17, 15) is 9.59 Å². The Labute approximate surface area is 100 Å². The van der Waals surface area contributed by atoms with Gasteiger partial charge in [0.1, 0.15) is 11.9 Å². The Bertz CT molecular complexity index is 337. The van der Waals surface area contributed by atoms with Crippen molar-refractivity contribution in [3.8, 4) is 0 Å². The van der Waals surface area contributed by atoms with Gasteiger partial charge < -0.3 is 15.6 Å². The molecule has 0 aliphatic heterocycles. The van der Waals surface area contributed by atoms with Crippen LogP contribution in [0.2, 0.25) is 0 Å². The molecule has 0 aromatic carbocycles. The molecule has 17 heavy (non-hydrogen) atoms. The van der Waals surface area contributed by atoms with E-state index >= 15 is 0 Å². The second-order valence-corrected chi connectivity index (χ2v) is 3.70. The number of nitrogens with zero attached hydrogens (tertiary/aromatic N) is 1. The van der Waals surface area contributed by atoms with E-state index < -0.39 is 6.04 Å². The van der Waals surface area contributed by atoms with E-state index in [4.69, 9.17) is 0 Å². The van der Waals surface area contributed by atoms with Gasteiger partial charge in [-0.3, -0.25) is 9.59 Å². The molecule has 0 fully saturated rings. The molecule has 1 atom stereocenters. The summed E-state index contributed by atoms with van der Waals surface area (Å²) in [6.45, 7) is 2.47. The lowest BCUT2D eigenvalue weighted by atomic mass is 10.1. The molecule has 1 heterocycles. The van der Waals surface area contributed by atoms with E-state index in [0.29, 0.717) is 25.8 Å². The third-order valence-corrected chi connectivity index (χ3v) is 2.38. The second-order valence-electron chi connectivity index (χ2n) is 3.70. The molecule has 0 bridgehead atoms. The van der Waals surface area contributed by atoms with Gasteiger partial charge in [0.2, 0.25) is 12.3 Å². The standard InChI is InChI=1S/C11H18N4O2/c1-2-3-9(15-8-16)11(17)14-5-4-10-12-6-7-13-10/h6-9H,2-5H2,1H3,(H,12,13)(H,14,17)(H,15,16). The summed E-state index contributed by atoms with van der Waals surface area (Å²) in [7, 11) is 0. The van der Waals surface area contributed by atoms with Crippen LogP contribution in [-0.2, 0) is 16.0 Å². The van der Waals surface area contributed by atoms with Gasteiger partial charge >= 0.3 is 0 Å². The van der Waals surface area contributed by atoms with Gasteiger partial charge in [0.05, 0.1) is 0 Å². The summed E-state index contributed by atoms with van der Waals surface area (Å²) in [5.74, 6) is 0.686. The van der Waals surface area contributed by atoms with Crippen molar-refractivity contribution in [1.82, 2.24) is 20.6 Å². The molecule has 0 spiro atoms. The number of H-pyrrole nitrogens is 1. The number of carbonyl (C=O) groups is 2. The van der Waals surface area contributed by atoms with Crippen molar-refractivity contribution in [2.75, 3.05) is 6.54 Å². The zero-order valence-corrected chi connectivity index (χ0v) is 9.90. The van der Waals surface area contributed by atoms with E-state index in [1.54, 1.807) is 12.4 Å². The number of aromatic amines is 1. The molecule has 0 saturated carbocycles. The average molecular weight is 238 g/mol. The summed E-state index contributed by atoms with van der Waals surface area (Å²) < 4.78 is 0. The van der Waals surface area contributed by atoms with Crippen LogP contribution in [0.5, 0.6) is 0 Å². The minimum absolute atomic E-state index is 0.148. The van der Waals surface area contributed by atoms with Crippen LogP contribution in [-0.4, -0.2) is 34.9 Å². The molecule has 6 nitrogen and oxygen atoms in total. The predicted octanol–water partition coefficient (Wildman–Crippen LogP) is -0.0169. The number of aromatic nitrogens is 2. The lowest BCUT2D eigenvalue weighted by Crippen LogP contribution is -2.44. The molecule has 94 valence electrons. The maximum atomic E-state index is 11.7. The lowest BCUT2D eigenvalue weighted by molar-refractivity contribution is -0.125. The van der Waals surface area contributed by atoms with Crippen LogP contribution >= 0.6 is 0 Å². The maximum Gasteiger partial charge on any atom is 0.242 e. The summed E-state index contributed by atoms with van der Waals surface area (Å²) in [6, 6.07) is -0.436. The third kappa shape index (κ3) is 4.67. The molecule has 1 unspecified atom stereocenters. The molecule has 1 aromatic heterocycles. The minimum Gasteiger partial charge on any atom is -0.354 e. The highest BCUT2D eigenvalue weighted by molar-refractivity contribution is 5.83. The van der Waals surface area contributed by atoms with E-state index in [1.807, 2.05) is 6.92 Å². The van der Waals surface area contributed by atoms with Crippen molar-refractivity contribution in [3.05, 3.63) is 18.2 Å². The Balaban J connectivity index is 2.28. The molecule has 0 aliphatic carbocycles. The molecule has 3 N–H and O–H groups in total. The first-order chi connectivity index (χ1) is 8.27. The van der Waals surface area contributed by atoms with Gasteiger partial charge in [-0.1, -0.05) is 13.3 Å². The number of hydrogen-bond acceptors (Lipinski definition) is 3. The van der Waals surface area contributed by atoms with Crippen LogP contribution in [0.25, 0.3) is 0 Å². The summed E-state index contributed by atoms with van der Waals surface area (Å²) in [4.78, 5) is 29.0. The van der Waals surface area contributed by atoms with Crippen molar-refractivity contribution in [2.24, 2.45) is 0 Å². The number of amides is 2. The average Bonchev–Trinajstić information content (AvgIpc) is 2.81. The van der Waals surface area contributed by atoms with Crippen LogP contribution in [0.3, 0.4) is 0 Å². The number of nitrogens with one attached hydrogen (secondary N) is 3. The Morgan fingerprint density at radius 1 is 1.65 bits per heavy atom. The van der Waals surface area contributed by atoms with Crippen LogP contribution in [0.4, 0.5) is 0 Å². The highest BCUT2D eigenvalue weighted by Gasteiger charge is 2.15. The molecule has 1 rings (SSSR count). The molecule has 6 heteroatoms. The van der Waals surface area contributed by atoms with Gasteiger partial charge in [-0.05, 0) is 6.42 Å². The van der Waals surface area contributed by atoms with E-state index in [2.05, 4.69) is 20.6 Å². The fourth-order valence-corrected chi connectivity index (χ4v) is 1.52. The smallest absolute Gasteiger partial charge is 0.242 e. The van der Waals surface area contributed by atoms with Gasteiger partial charge in [-0.25, -0.2) is 4.98 Å². The number of hydrogen-bond donors (Lipinski definition) is 3. The van der Waals surface area contributed by atoms with Gasteiger partial charge in [0.25, 0.3) is 0 Å². The normalized spacial score (nSPS) is 11.8. The fourth-order valence-electron chi connectivity index (χ4n) is 1.52. The third-order valence-electron chi connectivity index (χ3n) is 2.38. The van der Waals surface area contributed by atoms with Gasteiger partial charge in [-0.15, -0.1) is 0 Å². The van der Waals surface area contributed by atoms with Crippen LogP contribution in [0.15, 0.2) is 12.4 Å². The summed E-state index contributed by atoms with van der Waals surface area (Å²) in [6.07, 6.45) is 6.11. The van der Waals surface area contributed by atoms with E-state index in [0.717, 1.165) is 12.2 Å². The first-order valence-electron chi connectivity index (χ1n) is 5.73. The van der Waals surface area contributed by atoms with Crippen LogP contribution in [0, 0.1) is 0 Å². The van der Waals surface area contributed by atoms with Crippen molar-refractivity contribution in [3.63, 3.8) is 0 Å². The first kappa shape index (κ1) is 13.2. The van der Waals surface area contributed by atoms with Gasteiger partial charge in [-0.2, -0.15) is 0 Å². The van der Waals surface area contributed by atoms with Gasteiger partial charge in [0, 0.05) is 25.4 Å². The molecular weight excluding hydrogens is 220 g/mol. The molecule has 0 aliphatic rings. The molecule has 0 saturated heterocycles. The predicted molar refractivity (Wildman–Crippen MR) is 63.2 cm³/mol. The minimum atomic E-state index is -0.436. The Hall–Kier alpha value is -1.85. The van der Waals surface area contributed by atoms with Crippen molar-refractivity contribution in [2.45, 2.75) is 32.2 Å². The topological polar surface area (TPSA) is 86.9 Å². The molecule has 2 amide bonds. The number of carbonyl (C=O) groups excluding carboxylic acids is 2. The summed E-state index contributed by atoms with van der Waals surface area (Å²) in [5, 5.41) is 5.28. The molecule has 1 aromatic rings. The zero-order chi connectivity index (χ0) is 12.5. The number of imidazole rings is 1. The summed E-state index contributed by atoms with van der Waals surface area (Å²) in [5.41, 5.74) is 0. The van der Waals surface area contributed by atoms with E-state index in [1.165, 1.54) is 0 Å². The Morgan fingerprint density at radius 2 is 2.47 bits per heavy atom. The monoisotopic (exact) mass is 238 g/mol. The Kier molecular flexibility index (Phi) is 5.77. The Morgan fingerprint density at radius 3 is 3.06 bits per heavy atom. The van der Waals surface area contributed by atoms with Crippen LogP contribution < -0.4 is 10.6 Å². The van der Waals surface area contributed by atoms with Crippen LogP contribution in [0.1, 0.15) is 25.6 Å². The fraction of sp³-hybridized carbons (Fsp3) is 0.545. The van der Waals surface area contributed by atoms with Crippen molar-refractivity contribution < 1.29 is 9.59 Å².